The Labute approximate surface area is 249 Å². The summed E-state index contributed by atoms with van der Waals surface area (Å²) in [4.78, 5) is 33.4. The fourth-order valence-corrected chi connectivity index (χ4v) is 7.37. The van der Waals surface area contributed by atoms with Crippen molar-refractivity contribution < 1.29 is 26.4 Å². The van der Waals surface area contributed by atoms with E-state index in [1.165, 1.54) is 47.5 Å². The molecule has 2 aromatic carbocycles. The van der Waals surface area contributed by atoms with E-state index in [-0.39, 0.29) is 33.3 Å². The molecule has 2 aliphatic rings. The predicted molar refractivity (Wildman–Crippen MR) is 154 cm³/mol. The van der Waals surface area contributed by atoms with Gasteiger partial charge in [-0.1, -0.05) is 6.07 Å². The van der Waals surface area contributed by atoms with Crippen LogP contribution in [0.25, 0.3) is 10.8 Å². The molecule has 4 aromatic rings. The van der Waals surface area contributed by atoms with Crippen LogP contribution < -0.4 is 10.5 Å². The first-order valence-corrected chi connectivity index (χ1v) is 15.3. The van der Waals surface area contributed by atoms with Crippen molar-refractivity contribution >= 4 is 32.3 Å². The van der Waals surface area contributed by atoms with Gasteiger partial charge < -0.3 is 9.80 Å². The van der Waals surface area contributed by atoms with Crippen LogP contribution in [0.4, 0.5) is 19.0 Å². The SMILES string of the molecule is N#Cc1ccc(N2CCN(C(=O)c3cc(Cc4n[nH]c(=O)c5ccc(S(=O)(=O)C6CC(F)(F)C6)cc45)ccc3F)CC2)nc1. The lowest BCUT2D eigenvalue weighted by Crippen LogP contribution is -2.49. The molecule has 0 atom stereocenters. The number of hydrogen-bond donors (Lipinski definition) is 1. The normalized spacial score (nSPS) is 16.9. The number of H-pyrrole nitrogens is 1. The van der Waals surface area contributed by atoms with Gasteiger partial charge in [0.05, 0.1) is 32.4 Å². The zero-order chi connectivity index (χ0) is 31.2. The number of halogens is 3. The smallest absolute Gasteiger partial charge is 0.272 e. The van der Waals surface area contributed by atoms with E-state index in [9.17, 15) is 31.2 Å². The number of fused-ring (bicyclic) bond motifs is 1. The molecule has 44 heavy (non-hydrogen) atoms. The van der Waals surface area contributed by atoms with Gasteiger partial charge in [0.15, 0.2) is 9.84 Å². The van der Waals surface area contributed by atoms with Gasteiger partial charge in [-0.2, -0.15) is 10.4 Å². The van der Waals surface area contributed by atoms with Crippen LogP contribution in [0.2, 0.25) is 0 Å². The molecule has 6 rings (SSSR count). The summed E-state index contributed by atoms with van der Waals surface area (Å²) in [6.07, 6.45) is -0.0241. The summed E-state index contributed by atoms with van der Waals surface area (Å²) in [6.45, 7) is 1.56. The predicted octanol–water partition coefficient (Wildman–Crippen LogP) is 3.45. The number of benzene rings is 2. The molecule has 0 radical (unpaired) electrons. The first-order chi connectivity index (χ1) is 20.9. The van der Waals surface area contributed by atoms with Crippen molar-refractivity contribution in [1.29, 1.82) is 5.26 Å². The van der Waals surface area contributed by atoms with Gasteiger partial charge in [0, 0.05) is 57.0 Å². The Morgan fingerprint density at radius 2 is 1.80 bits per heavy atom. The van der Waals surface area contributed by atoms with Crippen LogP contribution in [-0.4, -0.2) is 71.8 Å². The minimum absolute atomic E-state index is 0.0248. The molecule has 1 amide bonds. The summed E-state index contributed by atoms with van der Waals surface area (Å²) in [5.74, 6) is -3.56. The highest BCUT2D eigenvalue weighted by molar-refractivity contribution is 7.92. The minimum atomic E-state index is -4.07. The molecule has 226 valence electrons. The molecule has 14 heteroatoms. The molecule has 2 fully saturated rings. The Morgan fingerprint density at radius 3 is 2.45 bits per heavy atom. The third-order valence-electron chi connectivity index (χ3n) is 8.06. The van der Waals surface area contributed by atoms with Crippen molar-refractivity contribution in [3.8, 4) is 6.07 Å². The van der Waals surface area contributed by atoms with Crippen LogP contribution in [-0.2, 0) is 16.3 Å². The molecule has 1 saturated heterocycles. The molecule has 3 heterocycles. The van der Waals surface area contributed by atoms with Crippen molar-refractivity contribution in [2.75, 3.05) is 31.1 Å². The number of carbonyl (C=O) groups excluding carboxylic acids is 1. The second-order valence-electron chi connectivity index (χ2n) is 10.9. The number of amides is 1. The molecule has 1 N–H and O–H groups in total. The zero-order valence-corrected chi connectivity index (χ0v) is 24.0. The number of nitrogens with one attached hydrogen (secondary N) is 1. The number of carbonyl (C=O) groups is 1. The van der Waals surface area contributed by atoms with Crippen molar-refractivity contribution in [1.82, 2.24) is 20.1 Å². The van der Waals surface area contributed by atoms with E-state index in [2.05, 4.69) is 15.2 Å². The van der Waals surface area contributed by atoms with Gasteiger partial charge in [0.2, 0.25) is 0 Å². The average molecular weight is 623 g/mol. The van der Waals surface area contributed by atoms with E-state index in [0.717, 1.165) is 0 Å². The number of sulfone groups is 1. The topological polar surface area (TPSA) is 140 Å². The average Bonchev–Trinajstić information content (AvgIpc) is 3.01. The molecule has 10 nitrogen and oxygen atoms in total. The molecule has 1 aliphatic carbocycles. The van der Waals surface area contributed by atoms with Crippen molar-refractivity contribution in [3.63, 3.8) is 0 Å². The Balaban J connectivity index is 1.22. The molecular weight excluding hydrogens is 597 g/mol. The number of hydrogen-bond acceptors (Lipinski definition) is 8. The monoisotopic (exact) mass is 622 g/mol. The third-order valence-corrected chi connectivity index (χ3v) is 10.2. The van der Waals surface area contributed by atoms with Gasteiger partial charge in [-0.3, -0.25) is 9.59 Å². The number of rotatable bonds is 6. The van der Waals surface area contributed by atoms with Gasteiger partial charge in [-0.25, -0.2) is 31.7 Å². The number of alkyl halides is 2. The number of piperazine rings is 1. The number of nitriles is 1. The van der Waals surface area contributed by atoms with Gasteiger partial charge in [0.25, 0.3) is 17.4 Å². The second kappa shape index (κ2) is 11.1. The van der Waals surface area contributed by atoms with Crippen LogP contribution >= 0.6 is 0 Å². The first kappa shape index (κ1) is 29.3. The van der Waals surface area contributed by atoms with E-state index < -0.39 is 51.1 Å². The maximum atomic E-state index is 14.9. The van der Waals surface area contributed by atoms with Gasteiger partial charge >= 0.3 is 0 Å². The summed E-state index contributed by atoms with van der Waals surface area (Å²) in [7, 11) is -4.07. The number of nitrogens with zero attached hydrogens (tertiary/aromatic N) is 5. The Bertz CT molecular complexity index is 1980. The van der Waals surface area contributed by atoms with Crippen molar-refractivity contribution in [3.05, 3.63) is 93.3 Å². The number of aromatic nitrogens is 3. The fourth-order valence-electron chi connectivity index (χ4n) is 5.52. The van der Waals surface area contributed by atoms with E-state index in [4.69, 9.17) is 5.26 Å². The second-order valence-corrected chi connectivity index (χ2v) is 13.2. The van der Waals surface area contributed by atoms with Crippen LogP contribution in [0.15, 0.2) is 64.4 Å². The first-order valence-electron chi connectivity index (χ1n) is 13.8. The summed E-state index contributed by atoms with van der Waals surface area (Å²) in [6, 6.07) is 13.3. The van der Waals surface area contributed by atoms with E-state index in [0.29, 0.717) is 43.1 Å². The quantitative estimate of drug-likeness (QED) is 0.345. The molecule has 0 spiro atoms. The third kappa shape index (κ3) is 5.50. The minimum Gasteiger partial charge on any atom is -0.353 e. The van der Waals surface area contributed by atoms with Crippen molar-refractivity contribution in [2.24, 2.45) is 0 Å². The van der Waals surface area contributed by atoms with Crippen LogP contribution in [0.3, 0.4) is 0 Å². The lowest BCUT2D eigenvalue weighted by molar-refractivity contribution is -0.0685. The Kier molecular flexibility index (Phi) is 7.36. The molecule has 1 aliphatic heterocycles. The van der Waals surface area contributed by atoms with Crippen molar-refractivity contribution in [2.45, 2.75) is 35.3 Å². The molecule has 0 bridgehead atoms. The van der Waals surface area contributed by atoms with Gasteiger partial charge in [0.1, 0.15) is 17.7 Å². The largest absolute Gasteiger partial charge is 0.353 e. The van der Waals surface area contributed by atoms with E-state index in [1.54, 1.807) is 12.1 Å². The maximum Gasteiger partial charge on any atom is 0.272 e. The summed E-state index contributed by atoms with van der Waals surface area (Å²) in [5, 5.41) is 14.6. The summed E-state index contributed by atoms with van der Waals surface area (Å²) >= 11 is 0. The van der Waals surface area contributed by atoms with E-state index in [1.807, 2.05) is 11.0 Å². The van der Waals surface area contributed by atoms with E-state index >= 15 is 0 Å². The standard InChI is InChI=1S/C30H25F3N6O4S/c31-25-5-1-18(11-24(25)29(41)39-9-7-38(8-10-39)27-6-2-19(16-34)17-35-27)12-26-23-13-20(3-4-22(23)28(40)37-36-26)44(42,43)21-14-30(32,33)15-21/h1-6,11,13,17,21H,7-10,12,14-15H2,(H,37,40). The fraction of sp³-hybridized carbons (Fsp3) is 0.300. The van der Waals surface area contributed by atoms with Crippen LogP contribution in [0, 0.1) is 17.1 Å². The molecular formula is C30H25F3N6O4S. The van der Waals surface area contributed by atoms with Gasteiger partial charge in [-0.15, -0.1) is 0 Å². The maximum absolute atomic E-state index is 14.9. The zero-order valence-electron chi connectivity index (χ0n) is 23.1. The lowest BCUT2D eigenvalue weighted by atomic mass is 9.94. The number of aromatic amines is 1. The Morgan fingerprint density at radius 1 is 1.05 bits per heavy atom. The molecule has 0 unspecified atom stereocenters. The summed E-state index contributed by atoms with van der Waals surface area (Å²) < 4.78 is 67.7. The summed E-state index contributed by atoms with van der Waals surface area (Å²) in [5.41, 5.74) is 0.491. The highest BCUT2D eigenvalue weighted by atomic mass is 32.2. The number of anilines is 1. The lowest BCUT2D eigenvalue weighted by Gasteiger charge is -2.35. The molecule has 2 aromatic heterocycles. The van der Waals surface area contributed by atoms with Gasteiger partial charge in [-0.05, 0) is 48.0 Å². The molecule has 1 saturated carbocycles. The Hall–Kier alpha value is -4.77. The van der Waals surface area contributed by atoms with Crippen LogP contribution in [0.5, 0.6) is 0 Å². The number of pyridine rings is 1. The van der Waals surface area contributed by atoms with Crippen LogP contribution in [0.1, 0.15) is 40.0 Å². The highest BCUT2D eigenvalue weighted by Gasteiger charge is 2.51. The highest BCUT2D eigenvalue weighted by Crippen LogP contribution is 2.43.